The Kier molecular flexibility index (Phi) is 4.05. The van der Waals surface area contributed by atoms with Crippen LogP contribution in [0.5, 0.6) is 0 Å². The number of aromatic nitrogens is 1. The highest BCUT2D eigenvalue weighted by molar-refractivity contribution is 5.75. The van der Waals surface area contributed by atoms with Crippen LogP contribution in [-0.4, -0.2) is 16.3 Å². The molecule has 2 aromatic rings. The highest BCUT2D eigenvalue weighted by Crippen LogP contribution is 2.32. The number of ether oxygens (including phenoxy) is 1. The van der Waals surface area contributed by atoms with E-state index in [1.807, 2.05) is 43.5 Å². The van der Waals surface area contributed by atoms with E-state index in [9.17, 15) is 4.79 Å². The molecule has 3 heteroatoms. The van der Waals surface area contributed by atoms with Gasteiger partial charge >= 0.3 is 6.09 Å². The first-order chi connectivity index (χ1) is 10.9. The van der Waals surface area contributed by atoms with Gasteiger partial charge in [-0.15, -0.1) is 0 Å². The molecule has 0 aliphatic heterocycles. The average molecular weight is 311 g/mol. The molecule has 0 saturated carbocycles. The average Bonchev–Trinajstić information content (AvgIpc) is 3.02. The molecule has 1 aromatic heterocycles. The summed E-state index contributed by atoms with van der Waals surface area (Å²) in [5.74, 6) is 0. The van der Waals surface area contributed by atoms with Gasteiger partial charge in [-0.3, -0.25) is 4.57 Å². The van der Waals surface area contributed by atoms with Gasteiger partial charge in [-0.1, -0.05) is 30.3 Å². The van der Waals surface area contributed by atoms with Gasteiger partial charge in [0.25, 0.3) is 0 Å². The van der Waals surface area contributed by atoms with Gasteiger partial charge in [0.2, 0.25) is 0 Å². The lowest BCUT2D eigenvalue weighted by Gasteiger charge is -2.21. The largest absolute Gasteiger partial charge is 0.443 e. The topological polar surface area (TPSA) is 31.2 Å². The summed E-state index contributed by atoms with van der Waals surface area (Å²) < 4.78 is 7.51. The fourth-order valence-electron chi connectivity index (χ4n) is 3.41. The summed E-state index contributed by atoms with van der Waals surface area (Å²) in [5, 5.41) is 0. The monoisotopic (exact) mass is 311 g/mol. The molecule has 0 radical (unpaired) electrons. The van der Waals surface area contributed by atoms with Crippen molar-refractivity contribution in [3.8, 4) is 0 Å². The lowest BCUT2D eigenvalue weighted by Crippen LogP contribution is -2.29. The Bertz CT molecular complexity index is 720. The standard InChI is InChI=1S/C20H25NO2/c1-14-16-11-8-12-17(16)21(19(22)23-20(2,3)4)18(14)13-15-9-6-5-7-10-15/h5-7,9-10H,8,11-13H2,1-4H3. The number of benzene rings is 1. The summed E-state index contributed by atoms with van der Waals surface area (Å²) in [7, 11) is 0. The van der Waals surface area contributed by atoms with E-state index < -0.39 is 5.60 Å². The van der Waals surface area contributed by atoms with Gasteiger partial charge < -0.3 is 4.74 Å². The number of hydrogen-bond donors (Lipinski definition) is 0. The Morgan fingerprint density at radius 2 is 1.87 bits per heavy atom. The molecule has 23 heavy (non-hydrogen) atoms. The third-order valence-electron chi connectivity index (χ3n) is 4.40. The lowest BCUT2D eigenvalue weighted by molar-refractivity contribution is 0.0529. The Morgan fingerprint density at radius 3 is 2.52 bits per heavy atom. The summed E-state index contributed by atoms with van der Waals surface area (Å²) in [6.45, 7) is 7.89. The SMILES string of the molecule is Cc1c2c(n(C(=O)OC(C)(C)C)c1Cc1ccccc1)CCC2. The smallest absolute Gasteiger partial charge is 0.418 e. The van der Waals surface area contributed by atoms with Crippen LogP contribution in [0.3, 0.4) is 0 Å². The van der Waals surface area contributed by atoms with Gasteiger partial charge in [-0.2, -0.15) is 0 Å². The molecule has 1 aromatic carbocycles. The maximum absolute atomic E-state index is 12.8. The van der Waals surface area contributed by atoms with Crippen molar-refractivity contribution in [3.05, 3.63) is 58.4 Å². The van der Waals surface area contributed by atoms with Crippen molar-refractivity contribution in [1.82, 2.24) is 4.57 Å². The van der Waals surface area contributed by atoms with Crippen LogP contribution in [0.4, 0.5) is 4.79 Å². The van der Waals surface area contributed by atoms with Crippen molar-refractivity contribution in [2.75, 3.05) is 0 Å². The first-order valence-corrected chi connectivity index (χ1v) is 8.36. The summed E-state index contributed by atoms with van der Waals surface area (Å²) in [5.41, 5.74) is 5.58. The fraction of sp³-hybridized carbons (Fsp3) is 0.450. The number of rotatable bonds is 2. The molecule has 0 fully saturated rings. The summed E-state index contributed by atoms with van der Waals surface area (Å²) in [6.07, 6.45) is 3.68. The maximum atomic E-state index is 12.8. The first-order valence-electron chi connectivity index (χ1n) is 8.36. The van der Waals surface area contributed by atoms with Crippen molar-refractivity contribution in [2.45, 2.75) is 59.0 Å². The zero-order chi connectivity index (χ0) is 16.6. The van der Waals surface area contributed by atoms with Crippen LogP contribution in [0.2, 0.25) is 0 Å². The Labute approximate surface area is 138 Å². The molecule has 1 aliphatic carbocycles. The van der Waals surface area contributed by atoms with Crippen LogP contribution < -0.4 is 0 Å². The zero-order valence-electron chi connectivity index (χ0n) is 14.5. The molecule has 0 unspecified atom stereocenters. The molecule has 0 amide bonds. The highest BCUT2D eigenvalue weighted by Gasteiger charge is 2.29. The van der Waals surface area contributed by atoms with Crippen LogP contribution in [0, 0.1) is 6.92 Å². The number of hydrogen-bond acceptors (Lipinski definition) is 2. The molecule has 1 heterocycles. The molecule has 0 saturated heterocycles. The van der Waals surface area contributed by atoms with E-state index >= 15 is 0 Å². The van der Waals surface area contributed by atoms with E-state index in [0.717, 1.165) is 37.1 Å². The number of carbonyl (C=O) groups is 1. The van der Waals surface area contributed by atoms with Crippen LogP contribution in [0.1, 0.15) is 55.3 Å². The second-order valence-corrected chi connectivity index (χ2v) is 7.33. The van der Waals surface area contributed by atoms with Gasteiger partial charge in [0, 0.05) is 17.8 Å². The molecule has 3 nitrogen and oxygen atoms in total. The molecule has 0 N–H and O–H groups in total. The lowest BCUT2D eigenvalue weighted by atomic mass is 10.0. The zero-order valence-corrected chi connectivity index (χ0v) is 14.5. The minimum atomic E-state index is -0.481. The second kappa shape index (κ2) is 5.88. The van der Waals surface area contributed by atoms with Crippen LogP contribution >= 0.6 is 0 Å². The van der Waals surface area contributed by atoms with Crippen molar-refractivity contribution < 1.29 is 9.53 Å². The van der Waals surface area contributed by atoms with Crippen molar-refractivity contribution >= 4 is 6.09 Å². The minimum absolute atomic E-state index is 0.241. The van der Waals surface area contributed by atoms with Crippen LogP contribution in [-0.2, 0) is 24.0 Å². The highest BCUT2D eigenvalue weighted by atomic mass is 16.6. The Balaban J connectivity index is 2.03. The van der Waals surface area contributed by atoms with E-state index in [1.165, 1.54) is 16.7 Å². The number of carbonyl (C=O) groups excluding carboxylic acids is 1. The molecule has 0 atom stereocenters. The minimum Gasteiger partial charge on any atom is -0.443 e. The number of fused-ring (bicyclic) bond motifs is 1. The van der Waals surface area contributed by atoms with E-state index in [-0.39, 0.29) is 6.09 Å². The van der Waals surface area contributed by atoms with Gasteiger partial charge in [-0.05, 0) is 63.6 Å². The van der Waals surface area contributed by atoms with E-state index in [1.54, 1.807) is 0 Å². The predicted octanol–water partition coefficient (Wildman–Crippen LogP) is 4.66. The first kappa shape index (κ1) is 15.9. The number of nitrogens with zero attached hydrogens (tertiary/aromatic N) is 1. The summed E-state index contributed by atoms with van der Waals surface area (Å²) in [6, 6.07) is 10.3. The quantitative estimate of drug-likeness (QED) is 0.807. The van der Waals surface area contributed by atoms with E-state index in [4.69, 9.17) is 4.74 Å². The molecule has 122 valence electrons. The normalized spacial score (nSPS) is 13.9. The molecule has 0 spiro atoms. The summed E-state index contributed by atoms with van der Waals surface area (Å²) in [4.78, 5) is 12.8. The van der Waals surface area contributed by atoms with E-state index in [2.05, 4.69) is 19.1 Å². The predicted molar refractivity (Wildman–Crippen MR) is 92.1 cm³/mol. The Hall–Kier alpha value is -2.03. The third kappa shape index (κ3) is 3.19. The van der Waals surface area contributed by atoms with Gasteiger partial charge in [0.1, 0.15) is 5.60 Å². The molecule has 3 rings (SSSR count). The van der Waals surface area contributed by atoms with Gasteiger partial charge in [0.05, 0.1) is 0 Å². The maximum Gasteiger partial charge on any atom is 0.418 e. The van der Waals surface area contributed by atoms with Gasteiger partial charge in [0.15, 0.2) is 0 Å². The fourth-order valence-corrected chi connectivity index (χ4v) is 3.41. The van der Waals surface area contributed by atoms with Crippen LogP contribution in [0.15, 0.2) is 30.3 Å². The Morgan fingerprint density at radius 1 is 1.17 bits per heavy atom. The third-order valence-corrected chi connectivity index (χ3v) is 4.40. The van der Waals surface area contributed by atoms with Crippen molar-refractivity contribution in [1.29, 1.82) is 0 Å². The van der Waals surface area contributed by atoms with E-state index in [0.29, 0.717) is 0 Å². The van der Waals surface area contributed by atoms with Gasteiger partial charge in [-0.25, -0.2) is 4.79 Å². The van der Waals surface area contributed by atoms with Crippen molar-refractivity contribution in [2.24, 2.45) is 0 Å². The molecule has 0 bridgehead atoms. The molecular weight excluding hydrogens is 286 g/mol. The molecular formula is C20H25NO2. The second-order valence-electron chi connectivity index (χ2n) is 7.33. The van der Waals surface area contributed by atoms with Crippen molar-refractivity contribution in [3.63, 3.8) is 0 Å². The molecule has 1 aliphatic rings. The van der Waals surface area contributed by atoms with Crippen LogP contribution in [0.25, 0.3) is 0 Å². The summed E-state index contributed by atoms with van der Waals surface area (Å²) >= 11 is 0.